The summed E-state index contributed by atoms with van der Waals surface area (Å²) in [6, 6.07) is 12.1. The zero-order valence-electron chi connectivity index (χ0n) is 18.4. The van der Waals surface area contributed by atoms with Crippen LogP contribution in [-0.4, -0.2) is 48.9 Å². The van der Waals surface area contributed by atoms with Gasteiger partial charge in [-0.05, 0) is 68.9 Å². The molecule has 7 nitrogen and oxygen atoms in total. The summed E-state index contributed by atoms with van der Waals surface area (Å²) in [6.45, 7) is 6.99. The number of piperidine rings is 2. The smallest absolute Gasteiger partial charge is 0.223 e. The van der Waals surface area contributed by atoms with Crippen LogP contribution in [0.15, 0.2) is 36.4 Å². The molecule has 0 unspecified atom stereocenters. The van der Waals surface area contributed by atoms with Crippen molar-refractivity contribution in [1.82, 2.24) is 15.5 Å². The number of amides is 1. The minimum absolute atomic E-state index is 0.0551. The van der Waals surface area contributed by atoms with Gasteiger partial charge in [-0.2, -0.15) is 0 Å². The number of carbonyl (C=O) groups is 1. The third kappa shape index (κ3) is 5.66. The molecule has 2 aliphatic rings. The lowest BCUT2D eigenvalue weighted by molar-refractivity contribution is -0.125. The molecule has 0 atom stereocenters. The summed E-state index contributed by atoms with van der Waals surface area (Å²) in [6.07, 6.45) is 5.45. The molecule has 2 saturated heterocycles. The molecule has 0 bridgehead atoms. The molecular weight excluding hydrogens is 390 g/mol. The first-order chi connectivity index (χ1) is 15.2. The van der Waals surface area contributed by atoms with Crippen LogP contribution >= 0.6 is 0 Å². The van der Waals surface area contributed by atoms with E-state index in [1.165, 1.54) is 19.3 Å². The predicted molar refractivity (Wildman–Crippen MR) is 122 cm³/mol. The molecule has 7 heteroatoms. The Balaban J connectivity index is 1.23. The van der Waals surface area contributed by atoms with Crippen molar-refractivity contribution >= 4 is 17.5 Å². The van der Waals surface area contributed by atoms with Crippen LogP contribution in [-0.2, 0) is 11.3 Å². The Morgan fingerprint density at radius 2 is 1.55 bits per heavy atom. The Kier molecular flexibility index (Phi) is 7.22. The number of nitrogens with zero attached hydrogens (tertiary/aromatic N) is 4. The van der Waals surface area contributed by atoms with Crippen molar-refractivity contribution in [3.05, 3.63) is 42.0 Å². The monoisotopic (exact) mass is 423 g/mol. The molecule has 2 fully saturated rings. The molecule has 31 heavy (non-hydrogen) atoms. The average molecular weight is 424 g/mol. The van der Waals surface area contributed by atoms with Crippen molar-refractivity contribution in [1.29, 1.82) is 0 Å². The van der Waals surface area contributed by atoms with Crippen molar-refractivity contribution in [2.24, 2.45) is 5.92 Å². The fourth-order valence-electron chi connectivity index (χ4n) is 4.35. The summed E-state index contributed by atoms with van der Waals surface area (Å²) in [5.74, 6) is 2.94. The minimum Gasteiger partial charge on any atom is -0.494 e. The molecule has 1 N–H and O–H groups in total. The molecule has 1 aromatic heterocycles. The number of rotatable bonds is 7. The van der Waals surface area contributed by atoms with E-state index in [1.807, 2.05) is 31.2 Å². The molecule has 0 spiro atoms. The lowest BCUT2D eigenvalue weighted by atomic mass is 9.96. The van der Waals surface area contributed by atoms with Crippen LogP contribution in [0.5, 0.6) is 5.75 Å². The lowest BCUT2D eigenvalue weighted by Gasteiger charge is -2.32. The van der Waals surface area contributed by atoms with Gasteiger partial charge < -0.3 is 19.9 Å². The number of aromatic nitrogens is 2. The summed E-state index contributed by atoms with van der Waals surface area (Å²) in [5, 5.41) is 12.0. The Morgan fingerprint density at radius 3 is 2.13 bits per heavy atom. The highest BCUT2D eigenvalue weighted by Crippen LogP contribution is 2.24. The van der Waals surface area contributed by atoms with E-state index in [-0.39, 0.29) is 11.8 Å². The molecule has 4 rings (SSSR count). The second-order valence-corrected chi connectivity index (χ2v) is 8.35. The number of anilines is 2. The number of hydrogen-bond acceptors (Lipinski definition) is 6. The summed E-state index contributed by atoms with van der Waals surface area (Å²) < 4.78 is 5.46. The average Bonchev–Trinajstić information content (AvgIpc) is 2.84. The van der Waals surface area contributed by atoms with Gasteiger partial charge in [0.1, 0.15) is 5.75 Å². The Hall–Kier alpha value is -2.83. The van der Waals surface area contributed by atoms with E-state index in [9.17, 15) is 4.79 Å². The Bertz CT molecular complexity index is 826. The van der Waals surface area contributed by atoms with Gasteiger partial charge in [0, 0.05) is 38.6 Å². The summed E-state index contributed by atoms with van der Waals surface area (Å²) in [4.78, 5) is 17.2. The molecular formula is C24H33N5O2. The first kappa shape index (κ1) is 21.4. The Labute approximate surface area is 184 Å². The third-order valence-electron chi connectivity index (χ3n) is 6.21. The van der Waals surface area contributed by atoms with Crippen LogP contribution in [0.25, 0.3) is 0 Å². The molecule has 0 saturated carbocycles. The van der Waals surface area contributed by atoms with E-state index >= 15 is 0 Å². The van der Waals surface area contributed by atoms with Gasteiger partial charge in [0.2, 0.25) is 5.91 Å². The van der Waals surface area contributed by atoms with Crippen LogP contribution in [0.3, 0.4) is 0 Å². The van der Waals surface area contributed by atoms with Gasteiger partial charge in [0.05, 0.1) is 6.61 Å². The van der Waals surface area contributed by atoms with Gasteiger partial charge in [-0.15, -0.1) is 10.2 Å². The van der Waals surface area contributed by atoms with Crippen molar-refractivity contribution in [3.63, 3.8) is 0 Å². The van der Waals surface area contributed by atoms with Crippen molar-refractivity contribution in [2.75, 3.05) is 42.6 Å². The molecule has 2 aliphatic heterocycles. The maximum absolute atomic E-state index is 12.6. The fraction of sp³-hybridized carbons (Fsp3) is 0.542. The zero-order chi connectivity index (χ0) is 21.5. The molecule has 166 valence electrons. The van der Waals surface area contributed by atoms with Gasteiger partial charge in [0.25, 0.3) is 0 Å². The number of carbonyl (C=O) groups excluding carboxylic acids is 1. The van der Waals surface area contributed by atoms with Gasteiger partial charge in [-0.1, -0.05) is 12.1 Å². The minimum atomic E-state index is 0.0551. The molecule has 2 aromatic rings. The van der Waals surface area contributed by atoms with E-state index in [1.54, 1.807) is 0 Å². The van der Waals surface area contributed by atoms with E-state index in [0.29, 0.717) is 13.2 Å². The summed E-state index contributed by atoms with van der Waals surface area (Å²) in [7, 11) is 0. The van der Waals surface area contributed by atoms with Crippen molar-refractivity contribution in [3.8, 4) is 5.75 Å². The van der Waals surface area contributed by atoms with Gasteiger partial charge in [-0.3, -0.25) is 4.79 Å². The Morgan fingerprint density at radius 1 is 0.935 bits per heavy atom. The first-order valence-electron chi connectivity index (χ1n) is 11.6. The summed E-state index contributed by atoms with van der Waals surface area (Å²) >= 11 is 0. The molecule has 1 aromatic carbocycles. The van der Waals surface area contributed by atoms with Crippen molar-refractivity contribution in [2.45, 2.75) is 45.6 Å². The number of ether oxygens (including phenoxy) is 1. The highest BCUT2D eigenvalue weighted by molar-refractivity contribution is 5.79. The molecule has 1 amide bonds. The van der Waals surface area contributed by atoms with Crippen LogP contribution < -0.4 is 19.9 Å². The van der Waals surface area contributed by atoms with Crippen molar-refractivity contribution < 1.29 is 9.53 Å². The normalized spacial score (nSPS) is 17.5. The maximum Gasteiger partial charge on any atom is 0.223 e. The van der Waals surface area contributed by atoms with E-state index in [4.69, 9.17) is 4.74 Å². The van der Waals surface area contributed by atoms with E-state index < -0.39 is 0 Å². The SMILES string of the molecule is CCOc1ccc(CNC(=O)C2CCN(c3ccc(N4CCCCC4)nn3)CC2)cc1. The highest BCUT2D eigenvalue weighted by Gasteiger charge is 2.26. The van der Waals surface area contributed by atoms with Gasteiger partial charge in [0.15, 0.2) is 11.6 Å². The third-order valence-corrected chi connectivity index (χ3v) is 6.21. The van der Waals surface area contributed by atoms with E-state index in [2.05, 4.69) is 37.4 Å². The zero-order valence-corrected chi connectivity index (χ0v) is 18.4. The first-order valence-corrected chi connectivity index (χ1v) is 11.6. The number of benzene rings is 1. The molecule has 3 heterocycles. The standard InChI is InChI=1S/C24H33N5O2/c1-2-31-21-8-6-19(7-9-21)18-25-24(30)20-12-16-29(17-13-20)23-11-10-22(26-27-23)28-14-4-3-5-15-28/h6-11,20H,2-5,12-18H2,1H3,(H,25,30). The second-order valence-electron chi connectivity index (χ2n) is 8.35. The number of hydrogen-bond donors (Lipinski definition) is 1. The van der Waals surface area contributed by atoms with Crippen LogP contribution in [0.1, 0.15) is 44.6 Å². The van der Waals surface area contributed by atoms with Gasteiger partial charge >= 0.3 is 0 Å². The maximum atomic E-state index is 12.6. The van der Waals surface area contributed by atoms with E-state index in [0.717, 1.165) is 62.0 Å². The summed E-state index contributed by atoms with van der Waals surface area (Å²) in [5.41, 5.74) is 1.08. The van der Waals surface area contributed by atoms with Crippen LogP contribution in [0, 0.1) is 5.92 Å². The van der Waals surface area contributed by atoms with Gasteiger partial charge in [-0.25, -0.2) is 0 Å². The topological polar surface area (TPSA) is 70.6 Å². The number of nitrogens with one attached hydrogen (secondary N) is 1. The molecule has 0 aliphatic carbocycles. The fourth-order valence-corrected chi connectivity index (χ4v) is 4.35. The predicted octanol–water partition coefficient (Wildman–Crippen LogP) is 3.40. The van der Waals surface area contributed by atoms with Crippen LogP contribution in [0.4, 0.5) is 11.6 Å². The van der Waals surface area contributed by atoms with Crippen LogP contribution in [0.2, 0.25) is 0 Å². The largest absolute Gasteiger partial charge is 0.494 e. The quantitative estimate of drug-likeness (QED) is 0.736. The molecule has 0 radical (unpaired) electrons. The highest BCUT2D eigenvalue weighted by atomic mass is 16.5. The second kappa shape index (κ2) is 10.5. The lowest BCUT2D eigenvalue weighted by Crippen LogP contribution is -2.40.